The van der Waals surface area contributed by atoms with Crippen LogP contribution in [0, 0.1) is 11.6 Å². The van der Waals surface area contributed by atoms with E-state index in [2.05, 4.69) is 15.3 Å². The van der Waals surface area contributed by atoms with E-state index in [1.807, 2.05) is 0 Å². The predicted octanol–water partition coefficient (Wildman–Crippen LogP) is 4.21. The fourth-order valence-electron chi connectivity index (χ4n) is 2.98. The highest BCUT2D eigenvalue weighted by Crippen LogP contribution is 2.33. The highest BCUT2D eigenvalue weighted by Gasteiger charge is 2.20. The first-order chi connectivity index (χ1) is 14.0. The lowest BCUT2D eigenvalue weighted by atomic mass is 10.0. The number of carbonyl (C=O) groups is 1. The van der Waals surface area contributed by atoms with Crippen molar-refractivity contribution in [2.45, 2.75) is 6.54 Å². The molecule has 0 atom stereocenters. The van der Waals surface area contributed by atoms with E-state index in [4.69, 9.17) is 0 Å². The van der Waals surface area contributed by atoms with Crippen LogP contribution in [0.15, 0.2) is 66.9 Å². The maximum atomic E-state index is 13.3. The first kappa shape index (κ1) is 18.5. The monoisotopic (exact) mass is 391 g/mol. The van der Waals surface area contributed by atoms with Crippen LogP contribution in [0.3, 0.4) is 0 Å². The van der Waals surface area contributed by atoms with E-state index in [9.17, 15) is 18.7 Å². The Hall–Kier alpha value is -3.87. The molecule has 5 nitrogen and oxygen atoms in total. The Bertz CT molecular complexity index is 1190. The molecule has 1 amide bonds. The van der Waals surface area contributed by atoms with E-state index in [0.717, 1.165) is 0 Å². The Morgan fingerprint density at radius 1 is 0.966 bits per heavy atom. The van der Waals surface area contributed by atoms with Crippen LogP contribution >= 0.6 is 0 Å². The van der Waals surface area contributed by atoms with Crippen molar-refractivity contribution < 1.29 is 18.7 Å². The van der Waals surface area contributed by atoms with E-state index in [-0.39, 0.29) is 29.3 Å². The van der Waals surface area contributed by atoms with Crippen molar-refractivity contribution in [3.63, 3.8) is 0 Å². The Labute approximate surface area is 164 Å². The number of fused-ring (bicyclic) bond motifs is 1. The van der Waals surface area contributed by atoms with E-state index in [1.54, 1.807) is 36.4 Å². The van der Waals surface area contributed by atoms with Crippen molar-refractivity contribution in [3.8, 4) is 17.0 Å². The number of carbonyl (C=O) groups excluding carboxylic acids is 1. The van der Waals surface area contributed by atoms with Crippen molar-refractivity contribution in [2.75, 3.05) is 0 Å². The minimum atomic E-state index is -0.609. The molecular formula is C22H15F2N3O2. The summed E-state index contributed by atoms with van der Waals surface area (Å²) in [6, 6.07) is 14.8. The Kier molecular flexibility index (Phi) is 4.87. The summed E-state index contributed by atoms with van der Waals surface area (Å²) in [6.07, 6.45) is 1.50. The van der Waals surface area contributed by atoms with E-state index >= 15 is 0 Å². The number of hydrogen-bond donors (Lipinski definition) is 2. The van der Waals surface area contributed by atoms with Gasteiger partial charge < -0.3 is 10.4 Å². The number of aromatic hydroxyl groups is 1. The first-order valence-corrected chi connectivity index (χ1v) is 8.79. The van der Waals surface area contributed by atoms with Crippen molar-refractivity contribution in [2.24, 2.45) is 0 Å². The SMILES string of the molecule is O=C(NCc1ccc(F)cc1)c1nc(-c2ccc(F)cc2)c2cccnc2c1O. The van der Waals surface area contributed by atoms with Gasteiger partial charge in [0.15, 0.2) is 11.4 Å². The molecule has 4 aromatic rings. The van der Waals surface area contributed by atoms with Crippen LogP contribution in [0.2, 0.25) is 0 Å². The number of pyridine rings is 2. The molecule has 0 spiro atoms. The molecule has 0 saturated heterocycles. The standard InChI is InChI=1S/C22H15F2N3O2/c23-15-7-3-13(4-8-15)12-26-22(29)20-21(28)19-17(2-1-11-25-19)18(27-20)14-5-9-16(24)10-6-14/h1-11,28H,12H2,(H,26,29). The number of amides is 1. The quantitative estimate of drug-likeness (QED) is 0.547. The molecule has 2 aromatic carbocycles. The van der Waals surface area contributed by atoms with Crippen LogP contribution in [0.5, 0.6) is 5.75 Å². The van der Waals surface area contributed by atoms with Gasteiger partial charge in [-0.1, -0.05) is 12.1 Å². The molecule has 0 aliphatic heterocycles. The summed E-state index contributed by atoms with van der Waals surface area (Å²) in [5, 5.41) is 13.8. The topological polar surface area (TPSA) is 75.1 Å². The Morgan fingerprint density at radius 3 is 2.31 bits per heavy atom. The largest absolute Gasteiger partial charge is 0.504 e. The zero-order valence-electron chi connectivity index (χ0n) is 15.1. The molecule has 144 valence electrons. The lowest BCUT2D eigenvalue weighted by molar-refractivity contribution is 0.0943. The summed E-state index contributed by atoms with van der Waals surface area (Å²) in [6.45, 7) is 0.131. The highest BCUT2D eigenvalue weighted by atomic mass is 19.1. The van der Waals surface area contributed by atoms with Crippen LogP contribution in [-0.2, 0) is 6.54 Å². The molecule has 29 heavy (non-hydrogen) atoms. The van der Waals surface area contributed by atoms with Crippen LogP contribution in [-0.4, -0.2) is 21.0 Å². The van der Waals surface area contributed by atoms with Crippen molar-refractivity contribution in [1.82, 2.24) is 15.3 Å². The van der Waals surface area contributed by atoms with Gasteiger partial charge in [-0.3, -0.25) is 9.78 Å². The highest BCUT2D eigenvalue weighted by molar-refractivity contribution is 6.04. The van der Waals surface area contributed by atoms with Crippen LogP contribution in [0.4, 0.5) is 8.78 Å². The zero-order valence-corrected chi connectivity index (χ0v) is 15.1. The molecule has 2 N–H and O–H groups in total. The fraction of sp³-hybridized carbons (Fsp3) is 0.0455. The molecule has 2 heterocycles. The average Bonchev–Trinajstić information content (AvgIpc) is 2.74. The van der Waals surface area contributed by atoms with Gasteiger partial charge in [-0.05, 0) is 54.1 Å². The van der Waals surface area contributed by atoms with Gasteiger partial charge >= 0.3 is 0 Å². The molecule has 4 rings (SSSR count). The van der Waals surface area contributed by atoms with Gasteiger partial charge in [-0.15, -0.1) is 0 Å². The molecule has 2 aromatic heterocycles. The van der Waals surface area contributed by atoms with Crippen LogP contribution < -0.4 is 5.32 Å². The molecule has 0 bridgehead atoms. The number of hydrogen-bond acceptors (Lipinski definition) is 4. The van der Waals surface area contributed by atoms with Gasteiger partial charge in [0.05, 0.1) is 5.69 Å². The maximum absolute atomic E-state index is 13.3. The minimum absolute atomic E-state index is 0.131. The zero-order chi connectivity index (χ0) is 20.4. The number of halogens is 2. The van der Waals surface area contributed by atoms with Gasteiger partial charge in [0.25, 0.3) is 5.91 Å². The lowest BCUT2D eigenvalue weighted by Crippen LogP contribution is -2.24. The number of benzene rings is 2. The molecule has 0 unspecified atom stereocenters. The van der Waals surface area contributed by atoms with Gasteiger partial charge in [-0.25, -0.2) is 13.8 Å². The van der Waals surface area contributed by atoms with Crippen molar-refractivity contribution in [3.05, 3.63) is 89.8 Å². The molecule has 0 saturated carbocycles. The Morgan fingerprint density at radius 2 is 1.62 bits per heavy atom. The summed E-state index contributed by atoms with van der Waals surface area (Å²) in [5.41, 5.74) is 1.69. The van der Waals surface area contributed by atoms with Gasteiger partial charge in [0, 0.05) is 23.7 Å². The second kappa shape index (κ2) is 7.63. The van der Waals surface area contributed by atoms with Crippen molar-refractivity contribution in [1.29, 1.82) is 0 Å². The van der Waals surface area contributed by atoms with Crippen LogP contribution in [0.25, 0.3) is 22.2 Å². The molecule has 7 heteroatoms. The third-order valence-electron chi connectivity index (χ3n) is 4.43. The third-order valence-corrected chi connectivity index (χ3v) is 4.43. The average molecular weight is 391 g/mol. The van der Waals surface area contributed by atoms with Gasteiger partial charge in [0.2, 0.25) is 0 Å². The summed E-state index contributed by atoms with van der Waals surface area (Å²) >= 11 is 0. The van der Waals surface area contributed by atoms with Crippen LogP contribution in [0.1, 0.15) is 16.1 Å². The molecular weight excluding hydrogens is 376 g/mol. The van der Waals surface area contributed by atoms with Gasteiger partial charge in [0.1, 0.15) is 17.2 Å². The second-order valence-corrected chi connectivity index (χ2v) is 6.37. The fourth-order valence-corrected chi connectivity index (χ4v) is 2.98. The van der Waals surface area contributed by atoms with E-state index in [1.165, 1.54) is 30.5 Å². The molecule has 0 radical (unpaired) electrons. The summed E-state index contributed by atoms with van der Waals surface area (Å²) in [4.78, 5) is 21.2. The van der Waals surface area contributed by atoms with Gasteiger partial charge in [-0.2, -0.15) is 0 Å². The van der Waals surface area contributed by atoms with E-state index < -0.39 is 11.7 Å². The third kappa shape index (κ3) is 3.75. The lowest BCUT2D eigenvalue weighted by Gasteiger charge is -2.12. The normalized spacial score (nSPS) is 10.8. The number of rotatable bonds is 4. The molecule has 0 aliphatic rings. The minimum Gasteiger partial charge on any atom is -0.504 e. The second-order valence-electron chi connectivity index (χ2n) is 6.37. The number of nitrogens with one attached hydrogen (secondary N) is 1. The molecule has 0 aliphatic carbocycles. The van der Waals surface area contributed by atoms with E-state index in [0.29, 0.717) is 22.2 Å². The smallest absolute Gasteiger partial charge is 0.274 e. The first-order valence-electron chi connectivity index (χ1n) is 8.79. The summed E-state index contributed by atoms with van der Waals surface area (Å²) in [5.74, 6) is -1.72. The Balaban J connectivity index is 1.73. The number of aromatic nitrogens is 2. The number of nitrogens with zero attached hydrogens (tertiary/aromatic N) is 2. The predicted molar refractivity (Wildman–Crippen MR) is 104 cm³/mol. The van der Waals surface area contributed by atoms with Crippen molar-refractivity contribution >= 4 is 16.8 Å². The summed E-state index contributed by atoms with van der Waals surface area (Å²) in [7, 11) is 0. The summed E-state index contributed by atoms with van der Waals surface area (Å²) < 4.78 is 26.3. The maximum Gasteiger partial charge on any atom is 0.274 e. The molecule has 0 fully saturated rings.